The first-order chi connectivity index (χ1) is 11.9. The van der Waals surface area contributed by atoms with Crippen LogP contribution in [-0.4, -0.2) is 16.2 Å². The second-order valence-corrected chi connectivity index (χ2v) is 8.69. The summed E-state index contributed by atoms with van der Waals surface area (Å²) in [5, 5.41) is 20.5. The molecule has 0 atom stereocenters. The molecule has 2 aromatic rings. The minimum atomic E-state index is -1.02. The topological polar surface area (TPSA) is 57.5 Å². The van der Waals surface area contributed by atoms with E-state index in [0.29, 0.717) is 11.1 Å². The molecule has 0 amide bonds. The summed E-state index contributed by atoms with van der Waals surface area (Å²) in [5.74, 6) is -0.880. The summed E-state index contributed by atoms with van der Waals surface area (Å²) < 4.78 is 0. The average Bonchev–Trinajstić information content (AvgIpc) is 2.52. The Kier molecular flexibility index (Phi) is 5.31. The van der Waals surface area contributed by atoms with Crippen LogP contribution in [-0.2, 0) is 15.6 Å². The van der Waals surface area contributed by atoms with Gasteiger partial charge in [0.2, 0.25) is 0 Å². The lowest BCUT2D eigenvalue weighted by molar-refractivity contribution is -0.130. The average molecular weight is 352 g/mol. The van der Waals surface area contributed by atoms with Crippen molar-refractivity contribution in [3.05, 3.63) is 64.7 Å². The molecule has 0 aliphatic carbocycles. The highest BCUT2D eigenvalue weighted by molar-refractivity contribution is 6.20. The lowest BCUT2D eigenvalue weighted by Crippen LogP contribution is -2.17. The highest BCUT2D eigenvalue weighted by Gasteiger charge is 2.25. The molecule has 0 aliphatic rings. The molecule has 0 saturated heterocycles. The summed E-state index contributed by atoms with van der Waals surface area (Å²) in [6.45, 7) is 12.4. The lowest BCUT2D eigenvalue weighted by Gasteiger charge is -2.27. The van der Waals surface area contributed by atoms with E-state index in [0.717, 1.165) is 11.1 Å². The summed E-state index contributed by atoms with van der Waals surface area (Å²) in [7, 11) is 0. The molecule has 2 rings (SSSR count). The van der Waals surface area contributed by atoms with Crippen molar-refractivity contribution in [2.45, 2.75) is 52.4 Å². The normalized spacial score (nSPS) is 12.9. The van der Waals surface area contributed by atoms with Gasteiger partial charge >= 0.3 is 5.97 Å². The Morgan fingerprint density at radius 3 is 1.96 bits per heavy atom. The van der Waals surface area contributed by atoms with Gasteiger partial charge in [-0.2, -0.15) is 0 Å². The van der Waals surface area contributed by atoms with Crippen LogP contribution in [0.3, 0.4) is 0 Å². The molecule has 2 N–H and O–H groups in total. The molecule has 0 radical (unpaired) electrons. The van der Waals surface area contributed by atoms with E-state index < -0.39 is 5.97 Å². The number of phenols is 1. The fraction of sp³-hybridized carbons (Fsp3) is 0.348. The lowest BCUT2D eigenvalue weighted by atomic mass is 9.78. The van der Waals surface area contributed by atoms with Crippen molar-refractivity contribution in [1.29, 1.82) is 0 Å². The van der Waals surface area contributed by atoms with Gasteiger partial charge in [-0.15, -0.1) is 0 Å². The van der Waals surface area contributed by atoms with Gasteiger partial charge in [0.05, 0.1) is 5.57 Å². The van der Waals surface area contributed by atoms with Crippen LogP contribution in [0.4, 0.5) is 0 Å². The number of aliphatic carboxylic acids is 1. The first kappa shape index (κ1) is 19.8. The van der Waals surface area contributed by atoms with Gasteiger partial charge in [-0.05, 0) is 34.1 Å². The van der Waals surface area contributed by atoms with E-state index in [9.17, 15) is 15.0 Å². The number of hydrogen-bond acceptors (Lipinski definition) is 2. The Morgan fingerprint density at radius 2 is 1.50 bits per heavy atom. The smallest absolute Gasteiger partial charge is 0.336 e. The molecule has 0 unspecified atom stereocenters. The third kappa shape index (κ3) is 4.34. The number of aromatic hydroxyl groups is 1. The highest BCUT2D eigenvalue weighted by Crippen LogP contribution is 2.39. The number of carbonyl (C=O) groups is 1. The summed E-state index contributed by atoms with van der Waals surface area (Å²) in [4.78, 5) is 11.8. The van der Waals surface area contributed by atoms with Crippen molar-refractivity contribution in [3.8, 4) is 5.75 Å². The number of hydrogen-bond donors (Lipinski definition) is 2. The number of rotatable bonds is 3. The van der Waals surface area contributed by atoms with Crippen LogP contribution in [0.2, 0.25) is 0 Å². The van der Waals surface area contributed by atoms with E-state index in [1.807, 2.05) is 39.0 Å². The van der Waals surface area contributed by atoms with Crippen LogP contribution in [0.5, 0.6) is 5.75 Å². The maximum Gasteiger partial charge on any atom is 0.336 e. The predicted molar refractivity (Wildman–Crippen MR) is 107 cm³/mol. The minimum Gasteiger partial charge on any atom is -0.507 e. The highest BCUT2D eigenvalue weighted by atomic mass is 16.4. The second-order valence-electron chi connectivity index (χ2n) is 8.69. The molecule has 3 nitrogen and oxygen atoms in total. The zero-order valence-electron chi connectivity index (χ0n) is 16.4. The van der Waals surface area contributed by atoms with Gasteiger partial charge in [-0.1, -0.05) is 77.9 Å². The molecular formula is C23H28O3. The summed E-state index contributed by atoms with van der Waals surface area (Å²) in [6.07, 6.45) is 1.57. The van der Waals surface area contributed by atoms with E-state index >= 15 is 0 Å². The third-order valence-corrected chi connectivity index (χ3v) is 4.43. The summed E-state index contributed by atoms with van der Waals surface area (Å²) >= 11 is 0. The monoisotopic (exact) mass is 352 g/mol. The van der Waals surface area contributed by atoms with E-state index in [1.165, 1.54) is 0 Å². The maximum absolute atomic E-state index is 11.8. The Balaban J connectivity index is 2.77. The second kappa shape index (κ2) is 6.99. The van der Waals surface area contributed by atoms with E-state index in [4.69, 9.17) is 0 Å². The van der Waals surface area contributed by atoms with E-state index in [-0.39, 0.29) is 22.2 Å². The quantitative estimate of drug-likeness (QED) is 0.557. The van der Waals surface area contributed by atoms with Crippen molar-refractivity contribution in [2.24, 2.45) is 0 Å². The molecule has 2 aromatic carbocycles. The van der Waals surface area contributed by atoms with Crippen LogP contribution in [0, 0.1) is 0 Å². The predicted octanol–water partition coefficient (Wildman–Crippen LogP) is 5.61. The number of benzene rings is 2. The van der Waals surface area contributed by atoms with Crippen molar-refractivity contribution in [3.63, 3.8) is 0 Å². The Bertz CT molecular complexity index is 832. The minimum absolute atomic E-state index is 0.119. The zero-order valence-corrected chi connectivity index (χ0v) is 16.4. The van der Waals surface area contributed by atoms with Crippen molar-refractivity contribution >= 4 is 17.6 Å². The molecule has 26 heavy (non-hydrogen) atoms. The standard InChI is InChI=1S/C23H28O3/c1-22(2,3)17-12-16(20(24)19(14-17)23(4,5)6)13-18(21(25)26)15-10-8-7-9-11-15/h7-14,24H,1-6H3,(H,25,26)/b18-13-. The van der Waals surface area contributed by atoms with Crippen molar-refractivity contribution in [1.82, 2.24) is 0 Å². The largest absolute Gasteiger partial charge is 0.507 e. The number of carboxylic acids is 1. The van der Waals surface area contributed by atoms with Crippen LogP contribution < -0.4 is 0 Å². The van der Waals surface area contributed by atoms with E-state index in [2.05, 4.69) is 20.8 Å². The molecular weight excluding hydrogens is 324 g/mol. The van der Waals surface area contributed by atoms with Crippen LogP contribution >= 0.6 is 0 Å². The van der Waals surface area contributed by atoms with Gasteiger partial charge < -0.3 is 10.2 Å². The van der Waals surface area contributed by atoms with Crippen LogP contribution in [0.1, 0.15) is 63.8 Å². The summed E-state index contributed by atoms with van der Waals surface area (Å²) in [5.41, 5.74) is 2.79. The van der Waals surface area contributed by atoms with E-state index in [1.54, 1.807) is 30.3 Å². The molecule has 0 heterocycles. The maximum atomic E-state index is 11.8. The SMILES string of the molecule is CC(C)(C)c1cc(/C=C(\C(=O)O)c2ccccc2)c(O)c(C(C)(C)C)c1. The first-order valence-corrected chi connectivity index (χ1v) is 8.79. The Labute approximate surface area is 156 Å². The molecule has 138 valence electrons. The van der Waals surface area contributed by atoms with Gasteiger partial charge in [0.15, 0.2) is 0 Å². The molecule has 0 spiro atoms. The molecule has 0 aliphatic heterocycles. The van der Waals surface area contributed by atoms with Gasteiger partial charge in [-0.3, -0.25) is 0 Å². The first-order valence-electron chi connectivity index (χ1n) is 8.79. The fourth-order valence-electron chi connectivity index (χ4n) is 2.81. The van der Waals surface area contributed by atoms with Crippen LogP contribution in [0.15, 0.2) is 42.5 Å². The fourth-order valence-corrected chi connectivity index (χ4v) is 2.81. The molecule has 0 aromatic heterocycles. The van der Waals surface area contributed by atoms with Crippen molar-refractivity contribution in [2.75, 3.05) is 0 Å². The Morgan fingerprint density at radius 1 is 0.923 bits per heavy atom. The molecule has 0 saturated carbocycles. The Hall–Kier alpha value is -2.55. The number of phenolic OH excluding ortho intramolecular Hbond substituents is 1. The van der Waals surface area contributed by atoms with Gasteiger partial charge in [0, 0.05) is 11.1 Å². The third-order valence-electron chi connectivity index (χ3n) is 4.43. The van der Waals surface area contributed by atoms with Crippen LogP contribution in [0.25, 0.3) is 11.6 Å². The van der Waals surface area contributed by atoms with Gasteiger partial charge in [0.25, 0.3) is 0 Å². The zero-order chi connectivity index (χ0) is 19.7. The molecule has 3 heteroatoms. The van der Waals surface area contributed by atoms with Crippen molar-refractivity contribution < 1.29 is 15.0 Å². The summed E-state index contributed by atoms with van der Waals surface area (Å²) in [6, 6.07) is 12.9. The molecule has 0 fully saturated rings. The molecule has 0 bridgehead atoms. The van der Waals surface area contributed by atoms with Gasteiger partial charge in [-0.25, -0.2) is 4.79 Å². The van der Waals surface area contributed by atoms with Gasteiger partial charge in [0.1, 0.15) is 5.75 Å². The number of carboxylic acid groups (broad SMARTS) is 1.